The summed E-state index contributed by atoms with van der Waals surface area (Å²) in [5.74, 6) is -1.92. The Balaban J connectivity index is 0.000000649. The molecule has 2 atom stereocenters. The number of carboxylic acid groups (broad SMARTS) is 2. The summed E-state index contributed by atoms with van der Waals surface area (Å²) in [6.45, 7) is 0.830. The second kappa shape index (κ2) is 16.2. The Morgan fingerprint density at radius 2 is 1.39 bits per heavy atom. The number of aliphatic imine (C=N–C) groups is 3. The highest BCUT2D eigenvalue weighted by Crippen LogP contribution is 2.04. The zero-order valence-corrected chi connectivity index (χ0v) is 17.3. The van der Waals surface area contributed by atoms with Crippen LogP contribution in [0, 0.1) is 0 Å². The number of carboxylic acids is 2. The third-order valence-electron chi connectivity index (χ3n) is 3.70. The number of carbonyl (C=O) groups is 2. The molecule has 1 aromatic rings. The minimum absolute atomic E-state index is 0.0129. The van der Waals surface area contributed by atoms with Crippen LogP contribution < -0.4 is 28.7 Å². The normalized spacial score (nSPS) is 12.2. The van der Waals surface area contributed by atoms with E-state index < -0.39 is 24.0 Å². The maximum Gasteiger partial charge on any atom is 0.328 e. The van der Waals surface area contributed by atoms with Crippen molar-refractivity contribution in [3.05, 3.63) is 35.9 Å². The first-order valence-corrected chi connectivity index (χ1v) is 9.53. The lowest BCUT2D eigenvalue weighted by molar-refractivity contribution is -0.139. The minimum atomic E-state index is -1.00. The number of aliphatic carboxylic acids is 2. The van der Waals surface area contributed by atoms with Crippen LogP contribution in [0.4, 0.5) is 0 Å². The van der Waals surface area contributed by atoms with E-state index in [-0.39, 0.29) is 11.9 Å². The van der Waals surface area contributed by atoms with Gasteiger partial charge >= 0.3 is 11.9 Å². The molecule has 0 aliphatic rings. The molecule has 0 unspecified atom stereocenters. The van der Waals surface area contributed by atoms with Crippen LogP contribution in [0.1, 0.15) is 31.2 Å². The van der Waals surface area contributed by atoms with Crippen LogP contribution in [-0.2, 0) is 9.59 Å². The number of benzene rings is 1. The Morgan fingerprint density at radius 1 is 0.871 bits per heavy atom. The lowest BCUT2D eigenvalue weighted by Gasteiger charge is -2.06. The van der Waals surface area contributed by atoms with E-state index in [9.17, 15) is 9.59 Å². The largest absolute Gasteiger partial charge is 0.480 e. The summed E-state index contributed by atoms with van der Waals surface area (Å²) in [6.07, 6.45) is 3.49. The van der Waals surface area contributed by atoms with Crippen molar-refractivity contribution in [2.45, 2.75) is 37.8 Å². The van der Waals surface area contributed by atoms with Crippen LogP contribution in [-0.4, -0.2) is 65.5 Å². The van der Waals surface area contributed by atoms with E-state index >= 15 is 0 Å². The standard InChI is InChI=1S/C13H18N4O2.C6H14N4O2/c14-13(15)16-8-4-7-11(12(18)19)17-9-10-5-2-1-3-6-10;7-4(5(11)12)2-1-3-10-6(8)9/h1-3,5-6,9,11H,4,7-8H2,(H,18,19)(H4,14,15,16);4H,1-3,7H2,(H,11,12)(H4,8,9,10)/t11-;4-/m00/s1. The average Bonchev–Trinajstić information content (AvgIpc) is 2.71. The summed E-state index contributed by atoms with van der Waals surface area (Å²) >= 11 is 0. The highest BCUT2D eigenvalue weighted by Gasteiger charge is 2.14. The molecule has 0 amide bonds. The van der Waals surface area contributed by atoms with Crippen molar-refractivity contribution in [2.24, 2.45) is 43.6 Å². The molecule has 12 nitrogen and oxygen atoms in total. The first-order chi connectivity index (χ1) is 14.6. The maximum atomic E-state index is 11.0. The fourth-order valence-electron chi connectivity index (χ4n) is 2.11. The molecule has 1 aromatic carbocycles. The number of nitrogens with two attached hydrogens (primary N) is 5. The molecule has 0 saturated carbocycles. The Labute approximate surface area is 180 Å². The smallest absolute Gasteiger partial charge is 0.328 e. The first-order valence-electron chi connectivity index (χ1n) is 9.53. The molecule has 0 aliphatic heterocycles. The van der Waals surface area contributed by atoms with Crippen molar-refractivity contribution in [1.82, 2.24) is 0 Å². The fourth-order valence-corrected chi connectivity index (χ4v) is 2.11. The van der Waals surface area contributed by atoms with E-state index in [1.54, 1.807) is 6.21 Å². The Kier molecular flexibility index (Phi) is 14.2. The topological polar surface area (TPSA) is 242 Å². The molecule has 12 heteroatoms. The molecule has 0 bridgehead atoms. The second-order valence-electron chi connectivity index (χ2n) is 6.39. The molecule has 0 aliphatic carbocycles. The van der Waals surface area contributed by atoms with Gasteiger partial charge in [0.1, 0.15) is 12.1 Å². The zero-order chi connectivity index (χ0) is 23.6. The van der Waals surface area contributed by atoms with E-state index in [0.717, 1.165) is 5.56 Å². The molecule has 0 radical (unpaired) electrons. The summed E-state index contributed by atoms with van der Waals surface area (Å²) in [4.78, 5) is 32.8. The van der Waals surface area contributed by atoms with Crippen LogP contribution in [0.5, 0.6) is 0 Å². The van der Waals surface area contributed by atoms with Crippen molar-refractivity contribution in [3.63, 3.8) is 0 Å². The summed E-state index contributed by atoms with van der Waals surface area (Å²) in [5.41, 5.74) is 26.6. The van der Waals surface area contributed by atoms with Gasteiger partial charge in [-0.05, 0) is 31.2 Å². The molecule has 31 heavy (non-hydrogen) atoms. The van der Waals surface area contributed by atoms with Gasteiger partial charge in [0.25, 0.3) is 0 Å². The zero-order valence-electron chi connectivity index (χ0n) is 17.3. The predicted octanol–water partition coefficient (Wildman–Crippen LogP) is -0.936. The second-order valence-corrected chi connectivity index (χ2v) is 6.39. The number of hydrogen-bond donors (Lipinski definition) is 7. The van der Waals surface area contributed by atoms with Crippen LogP contribution in [0.25, 0.3) is 0 Å². The Morgan fingerprint density at radius 3 is 1.84 bits per heavy atom. The van der Waals surface area contributed by atoms with Crippen LogP contribution in [0.15, 0.2) is 45.3 Å². The molecule has 0 heterocycles. The molecule has 1 rings (SSSR count). The Hall–Kier alpha value is -3.67. The summed E-state index contributed by atoms with van der Waals surface area (Å²) < 4.78 is 0. The highest BCUT2D eigenvalue weighted by atomic mass is 16.4. The SMILES string of the molecule is NC(N)=NCCC[C@H](N)C(=O)O.NC(N)=NCCC[C@H](N=Cc1ccccc1)C(=O)O. The van der Waals surface area contributed by atoms with Gasteiger partial charge in [0.2, 0.25) is 0 Å². The van der Waals surface area contributed by atoms with E-state index in [0.29, 0.717) is 38.8 Å². The van der Waals surface area contributed by atoms with E-state index in [2.05, 4.69) is 15.0 Å². The Bertz CT molecular complexity index is 745. The molecule has 12 N–H and O–H groups in total. The van der Waals surface area contributed by atoms with Crippen molar-refractivity contribution >= 4 is 30.1 Å². The molecule has 0 saturated heterocycles. The highest BCUT2D eigenvalue weighted by molar-refractivity contribution is 5.83. The summed E-state index contributed by atoms with van der Waals surface area (Å²) in [6, 6.07) is 7.77. The predicted molar refractivity (Wildman–Crippen MR) is 121 cm³/mol. The lowest BCUT2D eigenvalue weighted by Crippen LogP contribution is -2.30. The molecular weight excluding hydrogens is 404 g/mol. The van der Waals surface area contributed by atoms with Crippen LogP contribution in [0.2, 0.25) is 0 Å². The van der Waals surface area contributed by atoms with E-state index in [1.165, 1.54) is 0 Å². The molecular formula is C19H32N8O4. The third kappa shape index (κ3) is 15.9. The molecule has 0 spiro atoms. The van der Waals surface area contributed by atoms with Crippen molar-refractivity contribution in [1.29, 1.82) is 0 Å². The number of guanidine groups is 2. The third-order valence-corrected chi connectivity index (χ3v) is 3.70. The van der Waals surface area contributed by atoms with Gasteiger partial charge < -0.3 is 38.9 Å². The summed E-state index contributed by atoms with van der Waals surface area (Å²) in [7, 11) is 0. The van der Waals surface area contributed by atoms with Gasteiger partial charge in [-0.2, -0.15) is 0 Å². The van der Waals surface area contributed by atoms with Crippen molar-refractivity contribution in [3.8, 4) is 0 Å². The van der Waals surface area contributed by atoms with Gasteiger partial charge in [0.15, 0.2) is 11.9 Å². The maximum absolute atomic E-state index is 11.0. The van der Waals surface area contributed by atoms with Gasteiger partial charge in [0.05, 0.1) is 0 Å². The lowest BCUT2D eigenvalue weighted by atomic mass is 10.1. The minimum Gasteiger partial charge on any atom is -0.480 e. The van der Waals surface area contributed by atoms with Crippen LogP contribution >= 0.6 is 0 Å². The first kappa shape index (κ1) is 27.3. The van der Waals surface area contributed by atoms with Crippen molar-refractivity contribution in [2.75, 3.05) is 13.1 Å². The van der Waals surface area contributed by atoms with Gasteiger partial charge in [-0.15, -0.1) is 0 Å². The number of rotatable bonds is 12. The average molecular weight is 437 g/mol. The number of nitrogens with zero attached hydrogens (tertiary/aromatic N) is 3. The van der Waals surface area contributed by atoms with E-state index in [1.807, 2.05) is 30.3 Å². The van der Waals surface area contributed by atoms with Gasteiger partial charge in [-0.1, -0.05) is 30.3 Å². The molecule has 0 fully saturated rings. The van der Waals surface area contributed by atoms with Gasteiger partial charge in [-0.3, -0.25) is 19.8 Å². The van der Waals surface area contributed by atoms with Crippen LogP contribution in [0.3, 0.4) is 0 Å². The quantitative estimate of drug-likeness (QED) is 0.121. The number of hydrogen-bond acceptors (Lipinski definition) is 6. The van der Waals surface area contributed by atoms with Gasteiger partial charge in [0, 0.05) is 19.3 Å². The monoisotopic (exact) mass is 436 g/mol. The van der Waals surface area contributed by atoms with Gasteiger partial charge in [-0.25, -0.2) is 4.79 Å². The fraction of sp³-hybridized carbons (Fsp3) is 0.421. The summed E-state index contributed by atoms with van der Waals surface area (Å²) in [5, 5.41) is 17.4. The van der Waals surface area contributed by atoms with Crippen molar-refractivity contribution < 1.29 is 19.8 Å². The molecule has 172 valence electrons. The van der Waals surface area contributed by atoms with E-state index in [4.69, 9.17) is 38.9 Å². The molecule has 0 aromatic heterocycles.